The van der Waals surface area contributed by atoms with Crippen LogP contribution in [0.4, 0.5) is 13.2 Å². The minimum atomic E-state index is -4.92. The summed E-state index contributed by atoms with van der Waals surface area (Å²) in [6.07, 6.45) is -4.71. The first-order valence-electron chi connectivity index (χ1n) is 4.40. The summed E-state index contributed by atoms with van der Waals surface area (Å²) in [5.41, 5.74) is 4.71. The lowest BCUT2D eigenvalue weighted by Crippen LogP contribution is -2.20. The lowest BCUT2D eigenvalue weighted by molar-refractivity contribution is -0.275. The van der Waals surface area contributed by atoms with Gasteiger partial charge in [-0.25, -0.2) is 4.98 Å². The number of alkyl halides is 3. The summed E-state index contributed by atoms with van der Waals surface area (Å²) in [7, 11) is 1.27. The average molecular weight is 250 g/mol. The van der Waals surface area contributed by atoms with E-state index in [1.165, 1.54) is 7.11 Å². The van der Waals surface area contributed by atoms with Gasteiger partial charge in [0.05, 0.1) is 12.7 Å². The molecule has 0 bridgehead atoms. The van der Waals surface area contributed by atoms with Crippen LogP contribution < -0.4 is 15.2 Å². The van der Waals surface area contributed by atoms with Crippen molar-refractivity contribution in [3.63, 3.8) is 0 Å². The van der Waals surface area contributed by atoms with Gasteiger partial charge in [0.2, 0.25) is 5.88 Å². The predicted molar refractivity (Wildman–Crippen MR) is 50.8 cm³/mol. The number of nitrogens with two attached hydrogens (primary N) is 1. The normalized spacial score (nSPS) is 11.1. The van der Waals surface area contributed by atoms with Crippen LogP contribution in [0.3, 0.4) is 0 Å². The molecular weight excluding hydrogens is 241 g/mol. The Bertz CT molecular complexity index is 421. The molecule has 1 aromatic heterocycles. The van der Waals surface area contributed by atoms with E-state index in [2.05, 4.69) is 9.72 Å². The molecule has 0 unspecified atom stereocenters. The quantitative estimate of drug-likeness (QED) is 0.814. The van der Waals surface area contributed by atoms with Crippen LogP contribution in [0.1, 0.15) is 16.1 Å². The maximum Gasteiger partial charge on any atom is 0.573 e. The first-order valence-corrected chi connectivity index (χ1v) is 4.40. The number of aromatic nitrogens is 1. The first-order chi connectivity index (χ1) is 7.91. The Morgan fingerprint density at radius 1 is 1.53 bits per heavy atom. The summed E-state index contributed by atoms with van der Waals surface area (Å²) in [6.45, 7) is -0.316. The van der Waals surface area contributed by atoms with Crippen LogP contribution in [-0.4, -0.2) is 24.7 Å². The van der Waals surface area contributed by atoms with Gasteiger partial charge in [-0.05, 0) is 0 Å². The van der Waals surface area contributed by atoms with Gasteiger partial charge in [0.1, 0.15) is 5.69 Å². The standard InChI is InChI=1S/C9H9F3N2O3/c1-16-7-2-5(4-15)8(6(3-13)14-7)17-9(10,11)12/h2,4H,3,13H2,1H3. The Morgan fingerprint density at radius 2 is 2.18 bits per heavy atom. The second-order valence-electron chi connectivity index (χ2n) is 2.90. The fraction of sp³-hybridized carbons (Fsp3) is 0.333. The molecular formula is C9H9F3N2O3. The zero-order valence-corrected chi connectivity index (χ0v) is 8.75. The molecule has 0 fully saturated rings. The molecule has 94 valence electrons. The number of rotatable bonds is 4. The van der Waals surface area contributed by atoms with Crippen molar-refractivity contribution in [2.45, 2.75) is 12.9 Å². The number of methoxy groups -OCH3 is 1. The van der Waals surface area contributed by atoms with Crippen molar-refractivity contribution in [1.29, 1.82) is 0 Å². The number of pyridine rings is 1. The van der Waals surface area contributed by atoms with Gasteiger partial charge >= 0.3 is 6.36 Å². The fourth-order valence-corrected chi connectivity index (χ4v) is 1.15. The highest BCUT2D eigenvalue weighted by atomic mass is 19.4. The van der Waals surface area contributed by atoms with Gasteiger partial charge in [0, 0.05) is 12.6 Å². The fourth-order valence-electron chi connectivity index (χ4n) is 1.15. The van der Waals surface area contributed by atoms with Crippen molar-refractivity contribution in [3.8, 4) is 11.6 Å². The van der Waals surface area contributed by atoms with Crippen molar-refractivity contribution in [1.82, 2.24) is 4.98 Å². The van der Waals surface area contributed by atoms with Gasteiger partial charge in [0.25, 0.3) is 0 Å². The largest absolute Gasteiger partial charge is 0.573 e. The molecule has 0 aliphatic carbocycles. The van der Waals surface area contributed by atoms with Gasteiger partial charge in [-0.1, -0.05) is 0 Å². The summed E-state index contributed by atoms with van der Waals surface area (Å²) >= 11 is 0. The van der Waals surface area contributed by atoms with E-state index >= 15 is 0 Å². The number of nitrogens with zero attached hydrogens (tertiary/aromatic N) is 1. The molecule has 0 radical (unpaired) electrons. The van der Waals surface area contributed by atoms with Crippen LogP contribution >= 0.6 is 0 Å². The summed E-state index contributed by atoms with van der Waals surface area (Å²) in [4.78, 5) is 14.3. The molecule has 0 aliphatic rings. The third-order valence-corrected chi connectivity index (χ3v) is 1.80. The first kappa shape index (κ1) is 13.2. The Kier molecular flexibility index (Phi) is 3.89. The molecule has 2 N–H and O–H groups in total. The third kappa shape index (κ3) is 3.31. The topological polar surface area (TPSA) is 74.4 Å². The minimum absolute atomic E-state index is 0.0120. The molecule has 5 nitrogen and oxygen atoms in total. The van der Waals surface area contributed by atoms with E-state index in [0.717, 1.165) is 6.07 Å². The molecule has 0 aromatic carbocycles. The van der Waals surface area contributed by atoms with Crippen molar-refractivity contribution < 1.29 is 27.4 Å². The number of carbonyl (C=O) groups excluding carboxylic acids is 1. The van der Waals surface area contributed by atoms with E-state index < -0.39 is 12.1 Å². The Balaban J connectivity index is 3.29. The van der Waals surface area contributed by atoms with Gasteiger partial charge < -0.3 is 15.2 Å². The molecule has 17 heavy (non-hydrogen) atoms. The monoisotopic (exact) mass is 250 g/mol. The highest BCUT2D eigenvalue weighted by Gasteiger charge is 2.33. The summed E-state index contributed by atoms with van der Waals surface area (Å²) < 4.78 is 44.8. The van der Waals surface area contributed by atoms with E-state index in [9.17, 15) is 18.0 Å². The van der Waals surface area contributed by atoms with Crippen molar-refractivity contribution in [2.24, 2.45) is 5.73 Å². The number of hydrogen-bond donors (Lipinski definition) is 1. The number of halogens is 3. The third-order valence-electron chi connectivity index (χ3n) is 1.80. The van der Waals surface area contributed by atoms with Crippen molar-refractivity contribution in [3.05, 3.63) is 17.3 Å². The molecule has 0 atom stereocenters. The highest BCUT2D eigenvalue weighted by molar-refractivity contribution is 5.80. The van der Waals surface area contributed by atoms with E-state index in [1.54, 1.807) is 0 Å². The van der Waals surface area contributed by atoms with E-state index in [0.29, 0.717) is 0 Å². The molecule has 0 saturated heterocycles. The van der Waals surface area contributed by atoms with Gasteiger partial charge in [-0.2, -0.15) is 0 Å². The Labute approximate surface area is 94.3 Å². The molecule has 1 aromatic rings. The number of hydrogen-bond acceptors (Lipinski definition) is 5. The maximum absolute atomic E-state index is 12.1. The van der Waals surface area contributed by atoms with E-state index in [-0.39, 0.29) is 30.0 Å². The van der Waals surface area contributed by atoms with Gasteiger partial charge in [-0.3, -0.25) is 4.79 Å². The number of aldehydes is 1. The summed E-state index contributed by atoms with van der Waals surface area (Å²) in [5, 5.41) is 0. The zero-order chi connectivity index (χ0) is 13.1. The van der Waals surface area contributed by atoms with Crippen molar-refractivity contribution >= 4 is 6.29 Å². The molecule has 0 spiro atoms. The van der Waals surface area contributed by atoms with Crippen molar-refractivity contribution in [2.75, 3.05) is 7.11 Å². The lowest BCUT2D eigenvalue weighted by Gasteiger charge is -2.14. The van der Waals surface area contributed by atoms with Gasteiger partial charge in [-0.15, -0.1) is 13.2 Å². The van der Waals surface area contributed by atoms with Crippen LogP contribution in [-0.2, 0) is 6.54 Å². The molecule has 0 aliphatic heterocycles. The average Bonchev–Trinajstić information content (AvgIpc) is 2.27. The Morgan fingerprint density at radius 3 is 2.59 bits per heavy atom. The zero-order valence-electron chi connectivity index (χ0n) is 8.75. The predicted octanol–water partition coefficient (Wildman–Crippen LogP) is 1.26. The smallest absolute Gasteiger partial charge is 0.481 e. The Hall–Kier alpha value is -1.83. The molecule has 0 amide bonds. The second kappa shape index (κ2) is 5.00. The molecule has 1 heterocycles. The van der Waals surface area contributed by atoms with Crippen LogP contribution in [0.15, 0.2) is 6.07 Å². The van der Waals surface area contributed by atoms with Crippen LogP contribution in [0.25, 0.3) is 0 Å². The van der Waals surface area contributed by atoms with Crippen LogP contribution in [0.2, 0.25) is 0 Å². The lowest BCUT2D eigenvalue weighted by atomic mass is 10.2. The number of carbonyl (C=O) groups is 1. The number of ether oxygens (including phenoxy) is 2. The van der Waals surface area contributed by atoms with Crippen LogP contribution in [0, 0.1) is 0 Å². The highest BCUT2D eigenvalue weighted by Crippen LogP contribution is 2.30. The van der Waals surface area contributed by atoms with Crippen LogP contribution in [0.5, 0.6) is 11.6 Å². The molecule has 1 rings (SSSR count). The molecule has 0 saturated carbocycles. The summed E-state index contributed by atoms with van der Waals surface area (Å²) in [6, 6.07) is 1.03. The van der Waals surface area contributed by atoms with E-state index in [1.807, 2.05) is 0 Å². The maximum atomic E-state index is 12.1. The second-order valence-corrected chi connectivity index (χ2v) is 2.90. The summed E-state index contributed by atoms with van der Waals surface area (Å²) in [5.74, 6) is -0.710. The SMILES string of the molecule is COc1cc(C=O)c(OC(F)(F)F)c(CN)n1. The van der Waals surface area contributed by atoms with E-state index in [4.69, 9.17) is 10.5 Å². The minimum Gasteiger partial charge on any atom is -0.481 e. The molecule has 8 heteroatoms. The van der Waals surface area contributed by atoms with Gasteiger partial charge in [0.15, 0.2) is 12.0 Å².